The first-order chi connectivity index (χ1) is 11.3. The third-order valence-electron chi connectivity index (χ3n) is 4.18. The fraction of sp³-hybridized carbons (Fsp3) is 0.500. The van der Waals surface area contributed by atoms with Gasteiger partial charge in [0.1, 0.15) is 12.4 Å². The molecule has 1 aliphatic heterocycles. The second-order valence-electron chi connectivity index (χ2n) is 5.84. The summed E-state index contributed by atoms with van der Waals surface area (Å²) in [6.45, 7) is 3.83. The van der Waals surface area contributed by atoms with E-state index in [9.17, 15) is 4.79 Å². The van der Waals surface area contributed by atoms with E-state index in [1.54, 1.807) is 0 Å². The highest BCUT2D eigenvalue weighted by Gasteiger charge is 2.22. The molecule has 0 saturated carbocycles. The zero-order valence-electron chi connectivity index (χ0n) is 13.1. The average molecular weight is 314 g/mol. The zero-order valence-corrected chi connectivity index (χ0v) is 13.1. The van der Waals surface area contributed by atoms with E-state index in [-0.39, 0.29) is 5.91 Å². The van der Waals surface area contributed by atoms with Crippen LogP contribution in [0.15, 0.2) is 36.7 Å². The van der Waals surface area contributed by atoms with Crippen molar-refractivity contribution in [2.75, 3.05) is 26.2 Å². The molecule has 1 saturated heterocycles. The lowest BCUT2D eigenvalue weighted by atomic mass is 10.1. The first-order valence-corrected chi connectivity index (χ1v) is 8.09. The van der Waals surface area contributed by atoms with Crippen LogP contribution >= 0.6 is 0 Å². The summed E-state index contributed by atoms with van der Waals surface area (Å²) < 4.78 is 1.53. The Labute approximate surface area is 135 Å². The Bertz CT molecular complexity index is 594. The summed E-state index contributed by atoms with van der Waals surface area (Å²) in [6, 6.07) is 9.50. The summed E-state index contributed by atoms with van der Waals surface area (Å²) in [4.78, 5) is 15.0. The highest BCUT2D eigenvalue weighted by molar-refractivity contribution is 5.80. The number of likely N-dealkylation sites (tertiary alicyclic amines) is 1. The molecule has 1 unspecified atom stereocenters. The number of benzene rings is 1. The van der Waals surface area contributed by atoms with Crippen molar-refractivity contribution >= 4 is 5.91 Å². The van der Waals surface area contributed by atoms with Gasteiger partial charge in [0.15, 0.2) is 0 Å². The molecular formula is C16H22N6O. The number of carbonyl (C=O) groups excluding carboxylic acids is 1. The van der Waals surface area contributed by atoms with E-state index in [1.807, 2.05) is 30.3 Å². The minimum absolute atomic E-state index is 0.0413. The molecule has 0 spiro atoms. The Balaban J connectivity index is 1.59. The summed E-state index contributed by atoms with van der Waals surface area (Å²) >= 11 is 0. The van der Waals surface area contributed by atoms with Gasteiger partial charge in [0.05, 0.1) is 0 Å². The predicted octanol–water partition coefficient (Wildman–Crippen LogP) is 0.669. The molecule has 1 aliphatic rings. The number of nitrogens with one attached hydrogen (secondary N) is 1. The lowest BCUT2D eigenvalue weighted by Crippen LogP contribution is -2.38. The number of nitrogens with zero attached hydrogens (tertiary/aromatic N) is 5. The van der Waals surface area contributed by atoms with E-state index < -0.39 is 6.04 Å². The maximum absolute atomic E-state index is 12.6. The Morgan fingerprint density at radius 2 is 2.00 bits per heavy atom. The van der Waals surface area contributed by atoms with Crippen LogP contribution in [0.1, 0.15) is 24.4 Å². The van der Waals surface area contributed by atoms with Gasteiger partial charge < -0.3 is 10.2 Å². The van der Waals surface area contributed by atoms with E-state index >= 15 is 0 Å². The van der Waals surface area contributed by atoms with E-state index in [0.717, 1.165) is 25.2 Å². The molecule has 2 aromatic rings. The standard InChI is InChI=1S/C16H22N6O/c23-16(17-8-11-21-9-4-5-10-21)15(22-13-18-19-20-22)12-14-6-2-1-3-7-14/h1-3,6-7,13,15H,4-5,8-12H2,(H,17,23). The maximum atomic E-state index is 12.6. The van der Waals surface area contributed by atoms with Crippen molar-refractivity contribution in [3.63, 3.8) is 0 Å². The molecule has 122 valence electrons. The van der Waals surface area contributed by atoms with Crippen LogP contribution in [-0.4, -0.2) is 57.2 Å². The van der Waals surface area contributed by atoms with Crippen molar-refractivity contribution in [1.82, 2.24) is 30.4 Å². The van der Waals surface area contributed by atoms with Gasteiger partial charge >= 0.3 is 0 Å². The summed E-state index contributed by atoms with van der Waals surface area (Å²) in [5.41, 5.74) is 1.09. The molecular weight excluding hydrogens is 292 g/mol. The minimum atomic E-state index is -0.425. The van der Waals surface area contributed by atoms with Crippen molar-refractivity contribution in [1.29, 1.82) is 0 Å². The van der Waals surface area contributed by atoms with Gasteiger partial charge in [-0.15, -0.1) is 5.10 Å². The smallest absolute Gasteiger partial charge is 0.245 e. The number of hydrogen-bond acceptors (Lipinski definition) is 5. The first-order valence-electron chi connectivity index (χ1n) is 8.09. The van der Waals surface area contributed by atoms with Gasteiger partial charge in [0, 0.05) is 19.5 Å². The van der Waals surface area contributed by atoms with Crippen LogP contribution in [0.4, 0.5) is 0 Å². The molecule has 7 heteroatoms. The van der Waals surface area contributed by atoms with Crippen LogP contribution in [0.2, 0.25) is 0 Å². The minimum Gasteiger partial charge on any atom is -0.353 e. The van der Waals surface area contributed by atoms with Gasteiger partial charge in [0.2, 0.25) is 5.91 Å². The topological polar surface area (TPSA) is 75.9 Å². The van der Waals surface area contributed by atoms with E-state index in [1.165, 1.54) is 23.9 Å². The van der Waals surface area contributed by atoms with Crippen LogP contribution in [0.5, 0.6) is 0 Å². The third kappa shape index (κ3) is 4.35. The number of rotatable bonds is 7. The third-order valence-corrected chi connectivity index (χ3v) is 4.18. The predicted molar refractivity (Wildman–Crippen MR) is 85.7 cm³/mol. The van der Waals surface area contributed by atoms with Gasteiger partial charge in [-0.05, 0) is 41.9 Å². The Morgan fingerprint density at radius 3 is 2.70 bits per heavy atom. The normalized spacial score (nSPS) is 16.3. The van der Waals surface area contributed by atoms with Crippen LogP contribution in [0, 0.1) is 0 Å². The SMILES string of the molecule is O=C(NCCN1CCCC1)C(Cc1ccccc1)n1cnnn1. The van der Waals surface area contributed by atoms with Gasteiger partial charge in [0.25, 0.3) is 0 Å². The van der Waals surface area contributed by atoms with Crippen molar-refractivity contribution in [2.45, 2.75) is 25.3 Å². The molecule has 0 aliphatic carbocycles. The van der Waals surface area contributed by atoms with Gasteiger partial charge in [-0.2, -0.15) is 0 Å². The van der Waals surface area contributed by atoms with Crippen LogP contribution in [0.3, 0.4) is 0 Å². The molecule has 2 heterocycles. The molecule has 23 heavy (non-hydrogen) atoms. The number of aromatic nitrogens is 4. The molecule has 3 rings (SSSR count). The summed E-state index contributed by atoms with van der Waals surface area (Å²) in [5, 5.41) is 14.2. The van der Waals surface area contributed by atoms with Gasteiger partial charge in [-0.3, -0.25) is 4.79 Å². The lowest BCUT2D eigenvalue weighted by molar-refractivity contribution is -0.124. The molecule has 1 fully saturated rings. The lowest BCUT2D eigenvalue weighted by Gasteiger charge is -2.18. The fourth-order valence-corrected chi connectivity index (χ4v) is 2.92. The average Bonchev–Trinajstić information content (AvgIpc) is 3.27. The Hall–Kier alpha value is -2.28. The van der Waals surface area contributed by atoms with Gasteiger partial charge in [-0.1, -0.05) is 30.3 Å². The summed E-state index contributed by atoms with van der Waals surface area (Å²) in [5.74, 6) is -0.0413. The van der Waals surface area contributed by atoms with Crippen molar-refractivity contribution in [2.24, 2.45) is 0 Å². The highest BCUT2D eigenvalue weighted by atomic mass is 16.2. The zero-order chi connectivity index (χ0) is 15.9. The quantitative estimate of drug-likeness (QED) is 0.813. The number of tetrazole rings is 1. The van der Waals surface area contributed by atoms with Gasteiger partial charge in [-0.25, -0.2) is 4.68 Å². The maximum Gasteiger partial charge on any atom is 0.245 e. The largest absolute Gasteiger partial charge is 0.353 e. The Morgan fingerprint density at radius 1 is 1.22 bits per heavy atom. The van der Waals surface area contributed by atoms with Crippen LogP contribution in [0.25, 0.3) is 0 Å². The molecule has 1 aromatic carbocycles. The molecule has 7 nitrogen and oxygen atoms in total. The molecule has 0 radical (unpaired) electrons. The molecule has 1 N–H and O–H groups in total. The van der Waals surface area contributed by atoms with Crippen LogP contribution in [-0.2, 0) is 11.2 Å². The second-order valence-corrected chi connectivity index (χ2v) is 5.84. The molecule has 0 bridgehead atoms. The fourth-order valence-electron chi connectivity index (χ4n) is 2.92. The van der Waals surface area contributed by atoms with Crippen molar-refractivity contribution in [3.8, 4) is 0 Å². The van der Waals surface area contributed by atoms with Crippen molar-refractivity contribution < 1.29 is 4.79 Å². The Kier molecular flexibility index (Phi) is 5.31. The highest BCUT2D eigenvalue weighted by Crippen LogP contribution is 2.13. The van der Waals surface area contributed by atoms with Crippen LogP contribution < -0.4 is 5.32 Å². The number of hydrogen-bond donors (Lipinski definition) is 1. The first kappa shape index (κ1) is 15.6. The van der Waals surface area contributed by atoms with Crippen molar-refractivity contribution in [3.05, 3.63) is 42.2 Å². The summed E-state index contributed by atoms with van der Waals surface area (Å²) in [6.07, 6.45) is 4.58. The number of carbonyl (C=O) groups is 1. The van der Waals surface area contributed by atoms with E-state index in [2.05, 4.69) is 25.7 Å². The molecule has 1 aromatic heterocycles. The van der Waals surface area contributed by atoms with E-state index in [0.29, 0.717) is 13.0 Å². The number of amides is 1. The second kappa shape index (κ2) is 7.82. The summed E-state index contributed by atoms with van der Waals surface area (Å²) in [7, 11) is 0. The van der Waals surface area contributed by atoms with E-state index in [4.69, 9.17) is 0 Å². The monoisotopic (exact) mass is 314 g/mol. The molecule has 1 atom stereocenters. The molecule has 1 amide bonds.